The predicted molar refractivity (Wildman–Crippen MR) is 56.2 cm³/mol. The van der Waals surface area contributed by atoms with Crippen molar-refractivity contribution in [2.24, 2.45) is 0 Å². The van der Waals surface area contributed by atoms with E-state index in [1.165, 1.54) is 5.56 Å². The van der Waals surface area contributed by atoms with Crippen molar-refractivity contribution in [2.45, 2.75) is 5.92 Å². The summed E-state index contributed by atoms with van der Waals surface area (Å²) in [5.74, 6) is 0.506. The van der Waals surface area contributed by atoms with Crippen LogP contribution < -0.4 is 5.32 Å². The van der Waals surface area contributed by atoms with Crippen molar-refractivity contribution in [3.63, 3.8) is 0 Å². The van der Waals surface area contributed by atoms with Gasteiger partial charge in [-0.15, -0.1) is 0 Å². The van der Waals surface area contributed by atoms with Crippen molar-refractivity contribution in [3.8, 4) is 0 Å². The lowest BCUT2D eigenvalue weighted by molar-refractivity contribution is 0.662. The van der Waals surface area contributed by atoms with Gasteiger partial charge in [-0.25, -0.2) is 0 Å². The highest BCUT2D eigenvalue weighted by molar-refractivity contribution is 6.30. The summed E-state index contributed by atoms with van der Waals surface area (Å²) in [6.07, 6.45) is 4.42. The molecule has 0 spiro atoms. The maximum Gasteiger partial charge on any atom is 0.0406 e. The average Bonchev–Trinajstić information content (AvgIpc) is 2.20. The van der Waals surface area contributed by atoms with Crippen LogP contribution in [0.5, 0.6) is 0 Å². The molecule has 1 unspecified atom stereocenters. The zero-order valence-corrected chi connectivity index (χ0v) is 8.09. The summed E-state index contributed by atoms with van der Waals surface area (Å²) in [5.41, 5.74) is 1.33. The molecule has 0 fully saturated rings. The van der Waals surface area contributed by atoms with Crippen LogP contribution in [0.3, 0.4) is 0 Å². The first-order chi connectivity index (χ1) is 6.36. The minimum Gasteiger partial charge on any atom is -0.312 e. The van der Waals surface area contributed by atoms with Crippen LogP contribution in [-0.2, 0) is 0 Å². The minimum atomic E-state index is 0.506. The minimum absolute atomic E-state index is 0.506. The molecule has 0 aromatic heterocycles. The molecule has 2 heteroatoms. The molecule has 2 rings (SSSR count). The van der Waals surface area contributed by atoms with Crippen molar-refractivity contribution in [1.29, 1.82) is 0 Å². The highest BCUT2D eigenvalue weighted by atomic mass is 35.5. The van der Waals surface area contributed by atoms with E-state index in [1.807, 2.05) is 12.1 Å². The molecule has 0 saturated carbocycles. The Balaban J connectivity index is 2.19. The second-order valence-corrected chi connectivity index (χ2v) is 3.68. The molecule has 68 valence electrons. The number of benzene rings is 1. The van der Waals surface area contributed by atoms with E-state index < -0.39 is 0 Å². The Morgan fingerprint density at radius 2 is 2.00 bits per heavy atom. The summed E-state index contributed by atoms with van der Waals surface area (Å²) in [6, 6.07) is 8.06. The standard InChI is InChI=1S/C11H12ClN/c12-11-5-3-9(4-6-11)10-2-1-7-13-8-10/h1-6,10,13H,7-8H2. The highest BCUT2D eigenvalue weighted by Gasteiger charge is 2.09. The van der Waals surface area contributed by atoms with E-state index in [9.17, 15) is 0 Å². The van der Waals surface area contributed by atoms with E-state index in [0.29, 0.717) is 5.92 Å². The third kappa shape index (κ3) is 2.11. The Hall–Kier alpha value is -0.790. The lowest BCUT2D eigenvalue weighted by Gasteiger charge is -2.17. The number of hydrogen-bond donors (Lipinski definition) is 1. The van der Waals surface area contributed by atoms with Gasteiger partial charge in [0.1, 0.15) is 0 Å². The maximum atomic E-state index is 5.82. The molecule has 1 nitrogen and oxygen atoms in total. The Labute approximate surface area is 83.4 Å². The lowest BCUT2D eigenvalue weighted by Crippen LogP contribution is -2.24. The molecule has 1 aromatic rings. The summed E-state index contributed by atoms with van der Waals surface area (Å²) in [4.78, 5) is 0. The van der Waals surface area contributed by atoms with E-state index in [4.69, 9.17) is 11.6 Å². The molecule has 1 aliphatic heterocycles. The second-order valence-electron chi connectivity index (χ2n) is 3.24. The van der Waals surface area contributed by atoms with E-state index in [0.717, 1.165) is 18.1 Å². The first kappa shape index (κ1) is 8.79. The Morgan fingerprint density at radius 3 is 2.62 bits per heavy atom. The van der Waals surface area contributed by atoms with Crippen LogP contribution in [0.25, 0.3) is 0 Å². The Bertz CT molecular complexity index is 302. The third-order valence-electron chi connectivity index (χ3n) is 2.29. The van der Waals surface area contributed by atoms with Crippen LogP contribution in [-0.4, -0.2) is 13.1 Å². The van der Waals surface area contributed by atoms with Crippen LogP contribution in [0.15, 0.2) is 36.4 Å². The zero-order chi connectivity index (χ0) is 9.10. The SMILES string of the molecule is Clc1ccc(C2C=CCNC2)cc1. The fraction of sp³-hybridized carbons (Fsp3) is 0.273. The van der Waals surface area contributed by atoms with Crippen molar-refractivity contribution in [2.75, 3.05) is 13.1 Å². The first-order valence-electron chi connectivity index (χ1n) is 4.49. The Kier molecular flexibility index (Phi) is 2.67. The number of nitrogens with one attached hydrogen (secondary N) is 1. The van der Waals surface area contributed by atoms with E-state index in [-0.39, 0.29) is 0 Å². The van der Waals surface area contributed by atoms with Crippen LogP contribution in [0.1, 0.15) is 11.5 Å². The maximum absolute atomic E-state index is 5.82. The van der Waals surface area contributed by atoms with Gasteiger partial charge in [-0.2, -0.15) is 0 Å². The summed E-state index contributed by atoms with van der Waals surface area (Å²) in [5, 5.41) is 4.13. The van der Waals surface area contributed by atoms with Gasteiger partial charge in [0, 0.05) is 24.0 Å². The van der Waals surface area contributed by atoms with Crippen LogP contribution in [0.2, 0.25) is 5.02 Å². The van der Waals surface area contributed by atoms with Crippen LogP contribution in [0, 0.1) is 0 Å². The second kappa shape index (κ2) is 3.95. The molecule has 13 heavy (non-hydrogen) atoms. The fourth-order valence-electron chi connectivity index (χ4n) is 1.56. The zero-order valence-electron chi connectivity index (χ0n) is 7.33. The van der Waals surface area contributed by atoms with Gasteiger partial charge in [0.05, 0.1) is 0 Å². The van der Waals surface area contributed by atoms with Gasteiger partial charge in [0.15, 0.2) is 0 Å². The molecule has 0 aliphatic carbocycles. The van der Waals surface area contributed by atoms with Gasteiger partial charge >= 0.3 is 0 Å². The first-order valence-corrected chi connectivity index (χ1v) is 4.87. The summed E-state index contributed by atoms with van der Waals surface area (Å²) >= 11 is 5.82. The molecule has 0 bridgehead atoms. The largest absolute Gasteiger partial charge is 0.312 e. The third-order valence-corrected chi connectivity index (χ3v) is 2.54. The van der Waals surface area contributed by atoms with Crippen molar-refractivity contribution >= 4 is 11.6 Å². The van der Waals surface area contributed by atoms with Gasteiger partial charge in [0.2, 0.25) is 0 Å². The molecule has 1 aromatic carbocycles. The van der Waals surface area contributed by atoms with Crippen LogP contribution >= 0.6 is 11.6 Å². The van der Waals surface area contributed by atoms with Gasteiger partial charge in [-0.1, -0.05) is 35.9 Å². The average molecular weight is 194 g/mol. The smallest absolute Gasteiger partial charge is 0.0406 e. The van der Waals surface area contributed by atoms with Crippen molar-refractivity contribution in [3.05, 3.63) is 47.0 Å². The molecule has 1 aliphatic rings. The lowest BCUT2D eigenvalue weighted by atomic mass is 9.97. The molecule has 0 amide bonds. The molecular formula is C11H12ClN. The quantitative estimate of drug-likeness (QED) is 0.677. The molecule has 1 N–H and O–H groups in total. The number of hydrogen-bond acceptors (Lipinski definition) is 1. The molecule has 1 heterocycles. The normalized spacial score (nSPS) is 21.8. The van der Waals surface area contributed by atoms with E-state index in [2.05, 4.69) is 29.6 Å². The summed E-state index contributed by atoms with van der Waals surface area (Å²) in [6.45, 7) is 2.02. The van der Waals surface area contributed by atoms with Gasteiger partial charge < -0.3 is 5.32 Å². The molecule has 0 saturated heterocycles. The van der Waals surface area contributed by atoms with E-state index in [1.54, 1.807) is 0 Å². The van der Waals surface area contributed by atoms with E-state index >= 15 is 0 Å². The number of halogens is 1. The highest BCUT2D eigenvalue weighted by Crippen LogP contribution is 2.20. The molecule has 1 atom stereocenters. The molecular weight excluding hydrogens is 182 g/mol. The van der Waals surface area contributed by atoms with Crippen molar-refractivity contribution < 1.29 is 0 Å². The number of rotatable bonds is 1. The monoisotopic (exact) mass is 193 g/mol. The topological polar surface area (TPSA) is 12.0 Å². The van der Waals surface area contributed by atoms with Crippen LogP contribution in [0.4, 0.5) is 0 Å². The van der Waals surface area contributed by atoms with Crippen molar-refractivity contribution in [1.82, 2.24) is 5.32 Å². The molecule has 0 radical (unpaired) electrons. The fourth-order valence-corrected chi connectivity index (χ4v) is 1.69. The Morgan fingerprint density at radius 1 is 1.23 bits per heavy atom. The van der Waals surface area contributed by atoms with Gasteiger partial charge in [-0.05, 0) is 17.7 Å². The van der Waals surface area contributed by atoms with Gasteiger partial charge in [-0.3, -0.25) is 0 Å². The summed E-state index contributed by atoms with van der Waals surface area (Å²) < 4.78 is 0. The summed E-state index contributed by atoms with van der Waals surface area (Å²) in [7, 11) is 0. The predicted octanol–water partition coefficient (Wildman–Crippen LogP) is 2.58. The van der Waals surface area contributed by atoms with Gasteiger partial charge in [0.25, 0.3) is 0 Å².